The second-order valence-corrected chi connectivity index (χ2v) is 7.06. The van der Waals surface area contributed by atoms with Gasteiger partial charge in [0.25, 0.3) is 0 Å². The third-order valence-electron chi connectivity index (χ3n) is 5.08. The lowest BCUT2D eigenvalue weighted by Crippen LogP contribution is -2.63. The van der Waals surface area contributed by atoms with Gasteiger partial charge in [-0.3, -0.25) is 9.80 Å². The molecule has 3 saturated heterocycles. The largest absolute Gasteiger partial charge is 0.311 e. The number of hydrogen-bond donors (Lipinski definition) is 1. The molecule has 0 aromatic carbocycles. The van der Waals surface area contributed by atoms with Crippen molar-refractivity contribution in [2.24, 2.45) is 0 Å². The van der Waals surface area contributed by atoms with Crippen molar-refractivity contribution in [3.8, 4) is 0 Å². The quantitative estimate of drug-likeness (QED) is 0.896. The number of hydrogen-bond acceptors (Lipinski definition) is 5. The Hall–Kier alpha value is -1.50. The first kappa shape index (κ1) is 15.1. The lowest BCUT2D eigenvalue weighted by Gasteiger charge is -2.47. The van der Waals surface area contributed by atoms with Crippen molar-refractivity contribution in [2.45, 2.75) is 32.5 Å². The van der Waals surface area contributed by atoms with Crippen LogP contribution in [0.1, 0.15) is 25.5 Å². The Morgan fingerprint density at radius 2 is 2.04 bits per heavy atom. The molecule has 3 fully saturated rings. The van der Waals surface area contributed by atoms with Crippen LogP contribution in [0.3, 0.4) is 0 Å². The van der Waals surface area contributed by atoms with Gasteiger partial charge < -0.3 is 5.32 Å². The maximum Gasteiger partial charge on any atom is 0.157 e. The minimum atomic E-state index is 0.342. The summed E-state index contributed by atoms with van der Waals surface area (Å²) in [6.45, 7) is 12.4. The zero-order chi connectivity index (χ0) is 15.8. The predicted octanol–water partition coefficient (Wildman–Crippen LogP) is 1.10. The molecule has 6 heteroatoms. The summed E-state index contributed by atoms with van der Waals surface area (Å²) >= 11 is 0. The van der Waals surface area contributed by atoms with Gasteiger partial charge in [0.15, 0.2) is 5.65 Å². The fraction of sp³-hybridized carbons (Fsp3) is 0.647. The molecule has 0 amide bonds. The van der Waals surface area contributed by atoms with Crippen LogP contribution >= 0.6 is 0 Å². The van der Waals surface area contributed by atoms with E-state index in [9.17, 15) is 0 Å². The Kier molecular flexibility index (Phi) is 4.05. The van der Waals surface area contributed by atoms with Crippen LogP contribution in [-0.2, 0) is 6.54 Å². The Labute approximate surface area is 137 Å². The van der Waals surface area contributed by atoms with Gasteiger partial charge in [-0.05, 0) is 25.5 Å². The number of aromatic nitrogens is 3. The monoisotopic (exact) mass is 314 g/mol. The molecule has 0 spiro atoms. The molecular formula is C17H26N6. The first-order valence-corrected chi connectivity index (χ1v) is 8.70. The molecule has 23 heavy (non-hydrogen) atoms. The van der Waals surface area contributed by atoms with Crippen LogP contribution in [0, 0.1) is 0 Å². The van der Waals surface area contributed by atoms with E-state index in [1.807, 2.05) is 17.1 Å². The van der Waals surface area contributed by atoms with Crippen LogP contribution in [0.5, 0.6) is 0 Å². The first-order valence-electron chi connectivity index (χ1n) is 8.70. The zero-order valence-electron chi connectivity index (χ0n) is 14.1. The van der Waals surface area contributed by atoms with Crippen molar-refractivity contribution in [1.82, 2.24) is 29.9 Å². The highest BCUT2D eigenvalue weighted by molar-refractivity contribution is 5.75. The Morgan fingerprint density at radius 1 is 1.22 bits per heavy atom. The Bertz CT molecular complexity index is 671. The second kappa shape index (κ2) is 6.19. The number of piperazine rings is 3. The van der Waals surface area contributed by atoms with Crippen molar-refractivity contribution in [3.63, 3.8) is 0 Å². The van der Waals surface area contributed by atoms with E-state index >= 15 is 0 Å². The van der Waals surface area contributed by atoms with Crippen LogP contribution in [0.25, 0.3) is 11.0 Å². The highest BCUT2D eigenvalue weighted by Gasteiger charge is 2.31. The highest BCUT2D eigenvalue weighted by Crippen LogP contribution is 2.17. The normalized spacial score (nSPS) is 27.2. The molecule has 1 unspecified atom stereocenters. The van der Waals surface area contributed by atoms with E-state index < -0.39 is 0 Å². The van der Waals surface area contributed by atoms with Gasteiger partial charge in [-0.15, -0.1) is 0 Å². The molecule has 6 nitrogen and oxygen atoms in total. The number of nitrogens with zero attached hydrogens (tertiary/aromatic N) is 5. The van der Waals surface area contributed by atoms with Crippen molar-refractivity contribution in [2.75, 3.05) is 39.3 Å². The third kappa shape index (κ3) is 2.98. The molecule has 0 saturated carbocycles. The predicted molar refractivity (Wildman–Crippen MR) is 91.4 cm³/mol. The van der Waals surface area contributed by atoms with Gasteiger partial charge in [-0.1, -0.05) is 0 Å². The molecule has 2 aromatic rings. The van der Waals surface area contributed by atoms with E-state index in [0.717, 1.165) is 24.1 Å². The van der Waals surface area contributed by atoms with Gasteiger partial charge in [-0.2, -0.15) is 5.10 Å². The Balaban J connectivity index is 1.37. The topological polar surface area (TPSA) is 49.2 Å². The molecule has 3 aliphatic rings. The SMILES string of the molecule is CC(C)n1ncc2cc(CNCC3CN4CCN3CC4)cnc21. The number of nitrogens with one attached hydrogen (secondary N) is 1. The van der Waals surface area contributed by atoms with E-state index in [-0.39, 0.29) is 0 Å². The second-order valence-electron chi connectivity index (χ2n) is 7.06. The summed E-state index contributed by atoms with van der Waals surface area (Å²) in [6.07, 6.45) is 3.90. The molecule has 5 heterocycles. The molecule has 2 aromatic heterocycles. The minimum Gasteiger partial charge on any atom is -0.311 e. The van der Waals surface area contributed by atoms with Crippen molar-refractivity contribution in [3.05, 3.63) is 24.0 Å². The molecule has 1 N–H and O–H groups in total. The van der Waals surface area contributed by atoms with Gasteiger partial charge in [-0.25, -0.2) is 9.67 Å². The summed E-state index contributed by atoms with van der Waals surface area (Å²) in [4.78, 5) is 9.82. The van der Waals surface area contributed by atoms with Gasteiger partial charge in [0.2, 0.25) is 0 Å². The summed E-state index contributed by atoms with van der Waals surface area (Å²) in [5.41, 5.74) is 2.21. The summed E-state index contributed by atoms with van der Waals surface area (Å²) in [7, 11) is 0. The van der Waals surface area contributed by atoms with E-state index in [1.165, 1.54) is 38.3 Å². The highest BCUT2D eigenvalue weighted by atomic mass is 15.3. The van der Waals surface area contributed by atoms with Crippen LogP contribution in [0.2, 0.25) is 0 Å². The van der Waals surface area contributed by atoms with Crippen molar-refractivity contribution >= 4 is 11.0 Å². The maximum absolute atomic E-state index is 4.61. The average molecular weight is 314 g/mol. The first-order chi connectivity index (χ1) is 11.2. The summed E-state index contributed by atoms with van der Waals surface area (Å²) in [6, 6.07) is 3.21. The van der Waals surface area contributed by atoms with Gasteiger partial charge in [0.1, 0.15) is 0 Å². The third-order valence-corrected chi connectivity index (χ3v) is 5.08. The van der Waals surface area contributed by atoms with E-state index in [0.29, 0.717) is 12.1 Å². The van der Waals surface area contributed by atoms with Crippen molar-refractivity contribution in [1.29, 1.82) is 0 Å². The lowest BCUT2D eigenvalue weighted by atomic mass is 10.1. The van der Waals surface area contributed by atoms with E-state index in [4.69, 9.17) is 0 Å². The van der Waals surface area contributed by atoms with Crippen molar-refractivity contribution < 1.29 is 0 Å². The van der Waals surface area contributed by atoms with Crippen LogP contribution < -0.4 is 5.32 Å². The Morgan fingerprint density at radius 3 is 2.74 bits per heavy atom. The lowest BCUT2D eigenvalue weighted by molar-refractivity contribution is 0.0136. The molecule has 1 atom stereocenters. The molecule has 0 aliphatic carbocycles. The molecule has 5 rings (SSSR count). The van der Waals surface area contributed by atoms with E-state index in [1.54, 1.807) is 0 Å². The number of rotatable bonds is 5. The fourth-order valence-corrected chi connectivity index (χ4v) is 3.76. The number of pyridine rings is 1. The van der Waals surface area contributed by atoms with Gasteiger partial charge in [0.05, 0.1) is 6.20 Å². The standard InChI is InChI=1S/C17H26N6/c1-13(2)23-17-15(10-20-23)7-14(9-19-17)8-18-11-16-12-21-3-5-22(16)6-4-21/h7,9-10,13,16,18H,3-6,8,11-12H2,1-2H3. The van der Waals surface area contributed by atoms with E-state index in [2.05, 4.69) is 45.1 Å². The zero-order valence-corrected chi connectivity index (χ0v) is 14.1. The molecular weight excluding hydrogens is 288 g/mol. The molecule has 0 radical (unpaired) electrons. The number of fused-ring (bicyclic) bond motifs is 4. The fourth-order valence-electron chi connectivity index (χ4n) is 3.76. The van der Waals surface area contributed by atoms with Gasteiger partial charge in [0, 0.05) is 69.5 Å². The van der Waals surface area contributed by atoms with Crippen LogP contribution in [-0.4, -0.2) is 69.9 Å². The molecule has 3 aliphatic heterocycles. The molecule has 124 valence electrons. The summed E-state index contributed by atoms with van der Waals surface area (Å²) in [5.74, 6) is 0. The minimum absolute atomic E-state index is 0.342. The molecule has 2 bridgehead atoms. The van der Waals surface area contributed by atoms with Crippen LogP contribution in [0.15, 0.2) is 18.5 Å². The maximum atomic E-state index is 4.61. The smallest absolute Gasteiger partial charge is 0.157 e. The summed E-state index contributed by atoms with van der Waals surface area (Å²) in [5, 5.41) is 9.18. The average Bonchev–Trinajstić information content (AvgIpc) is 2.99. The van der Waals surface area contributed by atoms with Gasteiger partial charge >= 0.3 is 0 Å². The van der Waals surface area contributed by atoms with Crippen LogP contribution in [0.4, 0.5) is 0 Å². The summed E-state index contributed by atoms with van der Waals surface area (Å²) < 4.78 is 1.98.